The van der Waals surface area contributed by atoms with Crippen LogP contribution in [0.2, 0.25) is 0 Å². The molecule has 1 fully saturated rings. The molecule has 1 nitrogen and oxygen atoms in total. The fraction of sp³-hybridized carbons (Fsp3) is 1.00. The van der Waals surface area contributed by atoms with Crippen molar-refractivity contribution in [3.63, 3.8) is 0 Å². The molecule has 1 aliphatic carbocycles. The molecule has 0 aromatic rings. The molecule has 2 N–H and O–H groups in total. The van der Waals surface area contributed by atoms with Crippen LogP contribution in [0, 0.1) is 5.92 Å². The number of nitrogens with two attached hydrogens (primary N) is 1. The number of hydrogen-bond donors (Lipinski definition) is 1. The van der Waals surface area contributed by atoms with Gasteiger partial charge in [-0.3, -0.25) is 0 Å². The highest BCUT2D eigenvalue weighted by Crippen LogP contribution is 2.27. The first kappa shape index (κ1) is 7.92. The van der Waals surface area contributed by atoms with Crippen molar-refractivity contribution in [2.24, 2.45) is 11.7 Å². The summed E-state index contributed by atoms with van der Waals surface area (Å²) in [6.45, 7) is 0. The van der Waals surface area contributed by atoms with Gasteiger partial charge in [0.05, 0.1) is 0 Å². The van der Waals surface area contributed by atoms with Gasteiger partial charge in [-0.2, -0.15) is 0 Å². The van der Waals surface area contributed by atoms with Crippen molar-refractivity contribution in [3.8, 4) is 0 Å². The normalized spacial score (nSPS) is 34.8. The van der Waals surface area contributed by atoms with Crippen molar-refractivity contribution in [3.05, 3.63) is 0 Å². The fourth-order valence-electron chi connectivity index (χ4n) is 1.40. The molecule has 0 heterocycles. The van der Waals surface area contributed by atoms with Crippen molar-refractivity contribution in [2.75, 3.05) is 0 Å². The maximum atomic E-state index is 12.0. The standard InChI is InChI=1S/C7H13F2N/c8-7(9)5-1-3-6(10)4-2-5/h5-7H,1-4,10H2/t5-,6-. The molecule has 0 aromatic carbocycles. The van der Waals surface area contributed by atoms with Gasteiger partial charge in [-0.05, 0) is 25.7 Å². The van der Waals surface area contributed by atoms with E-state index >= 15 is 0 Å². The van der Waals surface area contributed by atoms with E-state index in [1.165, 1.54) is 0 Å². The minimum Gasteiger partial charge on any atom is -0.328 e. The summed E-state index contributed by atoms with van der Waals surface area (Å²) in [5.74, 6) is -0.375. The van der Waals surface area contributed by atoms with Gasteiger partial charge < -0.3 is 5.73 Å². The second-order valence-corrected chi connectivity index (χ2v) is 3.01. The predicted octanol–water partition coefficient (Wildman–Crippen LogP) is 1.77. The Morgan fingerprint density at radius 1 is 1.10 bits per heavy atom. The zero-order valence-electron chi connectivity index (χ0n) is 5.89. The Labute approximate surface area is 59.6 Å². The topological polar surface area (TPSA) is 26.0 Å². The Bertz CT molecular complexity index is 97.8. The van der Waals surface area contributed by atoms with Gasteiger partial charge in [0.25, 0.3) is 0 Å². The number of hydrogen-bond acceptors (Lipinski definition) is 1. The SMILES string of the molecule is N[C@H]1CC[C@H](C(F)F)CC1. The first-order chi connectivity index (χ1) is 4.70. The van der Waals surface area contributed by atoms with Crippen LogP contribution in [-0.4, -0.2) is 12.5 Å². The van der Waals surface area contributed by atoms with E-state index < -0.39 is 6.43 Å². The van der Waals surface area contributed by atoms with Gasteiger partial charge in [0.1, 0.15) is 0 Å². The summed E-state index contributed by atoms with van der Waals surface area (Å²) in [6, 6.07) is 0.176. The van der Waals surface area contributed by atoms with Crippen molar-refractivity contribution in [1.82, 2.24) is 0 Å². The van der Waals surface area contributed by atoms with Gasteiger partial charge in [-0.15, -0.1) is 0 Å². The van der Waals surface area contributed by atoms with E-state index in [-0.39, 0.29) is 12.0 Å². The van der Waals surface area contributed by atoms with Crippen LogP contribution >= 0.6 is 0 Å². The Morgan fingerprint density at radius 3 is 2.00 bits per heavy atom. The van der Waals surface area contributed by atoms with Gasteiger partial charge in [-0.25, -0.2) is 8.78 Å². The van der Waals surface area contributed by atoms with E-state index in [2.05, 4.69) is 0 Å². The third-order valence-corrected chi connectivity index (χ3v) is 2.17. The predicted molar refractivity (Wildman–Crippen MR) is 35.9 cm³/mol. The largest absolute Gasteiger partial charge is 0.328 e. The summed E-state index contributed by atoms with van der Waals surface area (Å²) in [4.78, 5) is 0. The lowest BCUT2D eigenvalue weighted by atomic mass is 9.87. The van der Waals surface area contributed by atoms with Crippen LogP contribution < -0.4 is 5.73 Å². The minimum absolute atomic E-state index is 0.176. The summed E-state index contributed by atoms with van der Waals surface area (Å²) >= 11 is 0. The Balaban J connectivity index is 2.26. The Kier molecular flexibility index (Phi) is 2.60. The maximum absolute atomic E-state index is 12.0. The lowest BCUT2D eigenvalue weighted by Gasteiger charge is -2.24. The number of alkyl halides is 2. The second kappa shape index (κ2) is 3.28. The third kappa shape index (κ3) is 1.90. The van der Waals surface area contributed by atoms with Crippen molar-refractivity contribution in [1.29, 1.82) is 0 Å². The highest BCUT2D eigenvalue weighted by atomic mass is 19.3. The summed E-state index contributed by atoms with van der Waals surface area (Å²) in [5, 5.41) is 0. The first-order valence-electron chi connectivity index (χ1n) is 3.74. The minimum atomic E-state index is -2.13. The third-order valence-electron chi connectivity index (χ3n) is 2.17. The Hall–Kier alpha value is -0.180. The van der Waals surface area contributed by atoms with Gasteiger partial charge in [0.2, 0.25) is 6.43 Å². The molecule has 1 aliphatic rings. The molecule has 0 unspecified atom stereocenters. The number of halogens is 2. The highest BCUT2D eigenvalue weighted by Gasteiger charge is 2.25. The summed E-state index contributed by atoms with van der Waals surface area (Å²) in [6.07, 6.45) is 0.634. The zero-order chi connectivity index (χ0) is 7.56. The van der Waals surface area contributed by atoms with Gasteiger partial charge in [-0.1, -0.05) is 0 Å². The molecular formula is C7H13F2N. The van der Waals surface area contributed by atoms with Crippen LogP contribution in [0.4, 0.5) is 8.78 Å². The lowest BCUT2D eigenvalue weighted by molar-refractivity contribution is 0.0533. The van der Waals surface area contributed by atoms with Gasteiger partial charge >= 0.3 is 0 Å². The van der Waals surface area contributed by atoms with Gasteiger partial charge in [0.15, 0.2) is 0 Å². The van der Waals surface area contributed by atoms with Crippen LogP contribution in [0.5, 0.6) is 0 Å². The van der Waals surface area contributed by atoms with E-state index in [0.29, 0.717) is 12.8 Å². The first-order valence-corrected chi connectivity index (χ1v) is 3.74. The molecular weight excluding hydrogens is 136 g/mol. The average molecular weight is 149 g/mol. The van der Waals surface area contributed by atoms with Crippen molar-refractivity contribution in [2.45, 2.75) is 38.2 Å². The fourth-order valence-corrected chi connectivity index (χ4v) is 1.40. The van der Waals surface area contributed by atoms with Crippen LogP contribution in [0.1, 0.15) is 25.7 Å². The molecule has 0 bridgehead atoms. The van der Waals surface area contributed by atoms with Crippen molar-refractivity contribution >= 4 is 0 Å². The zero-order valence-corrected chi connectivity index (χ0v) is 5.89. The summed E-state index contributed by atoms with van der Waals surface area (Å²) in [5.41, 5.74) is 5.55. The van der Waals surface area contributed by atoms with Crippen LogP contribution in [0.3, 0.4) is 0 Å². The molecule has 0 radical (unpaired) electrons. The second-order valence-electron chi connectivity index (χ2n) is 3.01. The molecule has 1 rings (SSSR count). The molecule has 60 valence electrons. The molecule has 0 amide bonds. The van der Waals surface area contributed by atoms with E-state index in [9.17, 15) is 8.78 Å². The van der Waals surface area contributed by atoms with Crippen LogP contribution in [0.15, 0.2) is 0 Å². The van der Waals surface area contributed by atoms with E-state index in [4.69, 9.17) is 5.73 Å². The lowest BCUT2D eigenvalue weighted by Crippen LogP contribution is -2.29. The molecule has 0 aliphatic heterocycles. The molecule has 1 saturated carbocycles. The van der Waals surface area contributed by atoms with Crippen LogP contribution in [-0.2, 0) is 0 Å². The smallest absolute Gasteiger partial charge is 0.241 e. The Morgan fingerprint density at radius 2 is 1.60 bits per heavy atom. The summed E-state index contributed by atoms with van der Waals surface area (Å²) in [7, 11) is 0. The van der Waals surface area contributed by atoms with Crippen molar-refractivity contribution < 1.29 is 8.78 Å². The maximum Gasteiger partial charge on any atom is 0.241 e. The van der Waals surface area contributed by atoms with E-state index in [1.54, 1.807) is 0 Å². The molecule has 0 saturated heterocycles. The van der Waals surface area contributed by atoms with E-state index in [1.807, 2.05) is 0 Å². The quantitative estimate of drug-likeness (QED) is 0.604. The molecule has 0 aromatic heterocycles. The molecule has 0 atom stereocenters. The van der Waals surface area contributed by atoms with Gasteiger partial charge in [0, 0.05) is 12.0 Å². The van der Waals surface area contributed by atoms with E-state index in [0.717, 1.165) is 12.8 Å². The monoisotopic (exact) mass is 149 g/mol. The molecule has 0 spiro atoms. The average Bonchev–Trinajstić information content (AvgIpc) is 1.88. The molecule has 3 heteroatoms. The number of rotatable bonds is 1. The molecule has 10 heavy (non-hydrogen) atoms. The van der Waals surface area contributed by atoms with Crippen LogP contribution in [0.25, 0.3) is 0 Å². The highest BCUT2D eigenvalue weighted by molar-refractivity contribution is 4.75. The summed E-state index contributed by atoms with van der Waals surface area (Å²) < 4.78 is 24.0.